The predicted molar refractivity (Wildman–Crippen MR) is 70.6 cm³/mol. The highest BCUT2D eigenvalue weighted by Gasteiger charge is 2.17. The molecular formula is C14H22N2O. The quantitative estimate of drug-likeness (QED) is 0.833. The van der Waals surface area contributed by atoms with Gasteiger partial charge in [-0.25, -0.2) is 0 Å². The van der Waals surface area contributed by atoms with Gasteiger partial charge in [-0.3, -0.25) is 4.79 Å². The van der Waals surface area contributed by atoms with Crippen molar-refractivity contribution < 1.29 is 4.79 Å². The van der Waals surface area contributed by atoms with Gasteiger partial charge in [0.25, 0.3) is 0 Å². The molecular weight excluding hydrogens is 212 g/mol. The smallest absolute Gasteiger partial charge is 0.237 e. The highest BCUT2D eigenvalue weighted by molar-refractivity contribution is 5.81. The summed E-state index contributed by atoms with van der Waals surface area (Å²) in [6.07, 6.45) is 0.580. The van der Waals surface area contributed by atoms with Gasteiger partial charge in [-0.1, -0.05) is 51.1 Å². The lowest BCUT2D eigenvalue weighted by Gasteiger charge is -2.20. The molecule has 0 bridgehead atoms. The summed E-state index contributed by atoms with van der Waals surface area (Å²) in [6.45, 7) is 6.89. The number of carbonyl (C=O) groups excluding carboxylic acids is 1. The van der Waals surface area contributed by atoms with Gasteiger partial charge in [0.15, 0.2) is 0 Å². The van der Waals surface area contributed by atoms with Crippen LogP contribution in [0.5, 0.6) is 0 Å². The zero-order valence-electron chi connectivity index (χ0n) is 10.9. The Kier molecular flexibility index (Phi) is 4.70. The van der Waals surface area contributed by atoms with Crippen molar-refractivity contribution in [2.45, 2.75) is 33.2 Å². The summed E-state index contributed by atoms with van der Waals surface area (Å²) in [5, 5.41) is 2.88. The van der Waals surface area contributed by atoms with E-state index in [2.05, 4.69) is 26.1 Å². The maximum atomic E-state index is 11.8. The highest BCUT2D eigenvalue weighted by atomic mass is 16.2. The molecule has 0 saturated heterocycles. The summed E-state index contributed by atoms with van der Waals surface area (Å²) in [6, 6.07) is 9.35. The Morgan fingerprint density at radius 2 is 1.88 bits per heavy atom. The molecule has 1 amide bonds. The summed E-state index contributed by atoms with van der Waals surface area (Å²) in [4.78, 5) is 11.8. The van der Waals surface area contributed by atoms with E-state index in [1.165, 1.54) is 0 Å². The van der Waals surface area contributed by atoms with Crippen molar-refractivity contribution in [3.05, 3.63) is 35.9 Å². The van der Waals surface area contributed by atoms with E-state index in [4.69, 9.17) is 5.73 Å². The zero-order chi connectivity index (χ0) is 12.9. The van der Waals surface area contributed by atoms with Gasteiger partial charge in [-0.15, -0.1) is 0 Å². The van der Waals surface area contributed by atoms with Crippen LogP contribution in [0.4, 0.5) is 0 Å². The molecule has 94 valence electrons. The molecule has 0 aliphatic carbocycles. The maximum Gasteiger partial charge on any atom is 0.237 e. The van der Waals surface area contributed by atoms with E-state index in [1.54, 1.807) is 0 Å². The Labute approximate surface area is 103 Å². The van der Waals surface area contributed by atoms with Crippen molar-refractivity contribution in [1.29, 1.82) is 0 Å². The topological polar surface area (TPSA) is 55.1 Å². The third-order valence-electron chi connectivity index (χ3n) is 2.43. The van der Waals surface area contributed by atoms with E-state index in [9.17, 15) is 4.79 Å². The van der Waals surface area contributed by atoms with E-state index < -0.39 is 6.04 Å². The lowest BCUT2D eigenvalue weighted by atomic mass is 9.96. The van der Waals surface area contributed by atoms with Crippen LogP contribution in [0.2, 0.25) is 0 Å². The minimum absolute atomic E-state index is 0.0798. The first kappa shape index (κ1) is 13.7. The van der Waals surface area contributed by atoms with E-state index in [-0.39, 0.29) is 11.3 Å². The molecule has 0 aliphatic rings. The van der Waals surface area contributed by atoms with Crippen LogP contribution in [-0.4, -0.2) is 18.5 Å². The van der Waals surface area contributed by atoms with Gasteiger partial charge in [-0.05, 0) is 17.4 Å². The minimum Gasteiger partial charge on any atom is -0.354 e. The molecule has 1 aromatic rings. The SMILES string of the molecule is CC(C)(C)CNC(=O)[C@H](N)Cc1ccccc1. The second-order valence-corrected chi connectivity index (χ2v) is 5.57. The number of hydrogen-bond acceptors (Lipinski definition) is 2. The van der Waals surface area contributed by atoms with Crippen LogP contribution in [0.15, 0.2) is 30.3 Å². The molecule has 0 fully saturated rings. The largest absolute Gasteiger partial charge is 0.354 e. The van der Waals surface area contributed by atoms with Crippen molar-refractivity contribution >= 4 is 5.91 Å². The van der Waals surface area contributed by atoms with Gasteiger partial charge in [-0.2, -0.15) is 0 Å². The molecule has 3 N–H and O–H groups in total. The number of amides is 1. The average Bonchev–Trinajstić information content (AvgIpc) is 2.26. The lowest BCUT2D eigenvalue weighted by Crippen LogP contribution is -2.44. The molecule has 1 atom stereocenters. The molecule has 0 spiro atoms. The van der Waals surface area contributed by atoms with E-state index in [0.29, 0.717) is 13.0 Å². The molecule has 0 heterocycles. The number of nitrogens with two attached hydrogens (primary N) is 1. The molecule has 1 rings (SSSR count). The first-order chi connectivity index (χ1) is 7.88. The number of benzene rings is 1. The molecule has 3 nitrogen and oxygen atoms in total. The summed E-state index contributed by atoms with van der Waals surface area (Å²) >= 11 is 0. The van der Waals surface area contributed by atoms with Crippen molar-refractivity contribution in [3.63, 3.8) is 0 Å². The molecule has 17 heavy (non-hydrogen) atoms. The number of nitrogens with one attached hydrogen (secondary N) is 1. The first-order valence-electron chi connectivity index (χ1n) is 5.96. The van der Waals surface area contributed by atoms with Crippen LogP contribution in [0.3, 0.4) is 0 Å². The molecule has 0 aromatic heterocycles. The number of hydrogen-bond donors (Lipinski definition) is 2. The van der Waals surface area contributed by atoms with Crippen LogP contribution in [0, 0.1) is 5.41 Å². The van der Waals surface area contributed by atoms with Crippen LogP contribution in [0.25, 0.3) is 0 Å². The van der Waals surface area contributed by atoms with E-state index in [0.717, 1.165) is 5.56 Å². The average molecular weight is 234 g/mol. The van der Waals surface area contributed by atoms with Crippen LogP contribution in [0.1, 0.15) is 26.3 Å². The standard InChI is InChI=1S/C14H22N2O/c1-14(2,3)10-16-13(17)12(15)9-11-7-5-4-6-8-11/h4-8,12H,9-10,15H2,1-3H3,(H,16,17)/t12-/m1/s1. The van der Waals surface area contributed by atoms with Gasteiger partial charge in [0.2, 0.25) is 5.91 Å². The Bertz CT molecular complexity index is 354. The molecule has 3 heteroatoms. The van der Waals surface area contributed by atoms with Gasteiger partial charge >= 0.3 is 0 Å². The number of rotatable bonds is 4. The lowest BCUT2D eigenvalue weighted by molar-refractivity contribution is -0.122. The predicted octanol–water partition coefficient (Wildman–Crippen LogP) is 1.72. The molecule has 0 aliphatic heterocycles. The van der Waals surface area contributed by atoms with Gasteiger partial charge in [0.05, 0.1) is 6.04 Å². The normalized spacial score (nSPS) is 13.2. The first-order valence-corrected chi connectivity index (χ1v) is 5.96. The molecule has 0 saturated carbocycles. The fourth-order valence-corrected chi connectivity index (χ4v) is 1.44. The highest BCUT2D eigenvalue weighted by Crippen LogP contribution is 2.10. The third-order valence-corrected chi connectivity index (χ3v) is 2.43. The van der Waals surface area contributed by atoms with Gasteiger partial charge < -0.3 is 11.1 Å². The Morgan fingerprint density at radius 1 is 1.29 bits per heavy atom. The maximum absolute atomic E-state index is 11.8. The zero-order valence-corrected chi connectivity index (χ0v) is 10.9. The molecule has 0 radical (unpaired) electrons. The van der Waals surface area contributed by atoms with Crippen molar-refractivity contribution in [1.82, 2.24) is 5.32 Å². The van der Waals surface area contributed by atoms with Crippen LogP contribution in [-0.2, 0) is 11.2 Å². The second-order valence-electron chi connectivity index (χ2n) is 5.57. The molecule has 1 aromatic carbocycles. The van der Waals surface area contributed by atoms with E-state index in [1.807, 2.05) is 30.3 Å². The Hall–Kier alpha value is -1.35. The summed E-state index contributed by atoms with van der Waals surface area (Å²) in [5.41, 5.74) is 7.04. The Morgan fingerprint density at radius 3 is 2.41 bits per heavy atom. The Balaban J connectivity index is 2.43. The minimum atomic E-state index is -0.472. The summed E-state index contributed by atoms with van der Waals surface area (Å²) in [5.74, 6) is -0.0798. The van der Waals surface area contributed by atoms with Gasteiger partial charge in [0.1, 0.15) is 0 Å². The van der Waals surface area contributed by atoms with Crippen LogP contribution >= 0.6 is 0 Å². The summed E-state index contributed by atoms with van der Waals surface area (Å²) < 4.78 is 0. The monoisotopic (exact) mass is 234 g/mol. The molecule has 0 unspecified atom stereocenters. The van der Waals surface area contributed by atoms with Crippen molar-refractivity contribution in [3.8, 4) is 0 Å². The van der Waals surface area contributed by atoms with Crippen LogP contribution < -0.4 is 11.1 Å². The summed E-state index contributed by atoms with van der Waals surface area (Å²) in [7, 11) is 0. The number of carbonyl (C=O) groups is 1. The fraction of sp³-hybridized carbons (Fsp3) is 0.500. The second kappa shape index (κ2) is 5.82. The van der Waals surface area contributed by atoms with E-state index >= 15 is 0 Å². The van der Waals surface area contributed by atoms with Crippen molar-refractivity contribution in [2.75, 3.05) is 6.54 Å². The third kappa shape index (κ3) is 5.50. The van der Waals surface area contributed by atoms with Gasteiger partial charge in [0, 0.05) is 6.54 Å². The van der Waals surface area contributed by atoms with Crippen molar-refractivity contribution in [2.24, 2.45) is 11.1 Å². The fourth-order valence-electron chi connectivity index (χ4n) is 1.44.